The molecule has 3 nitrogen and oxygen atoms in total. The molecule has 0 spiro atoms. The molecular formula is C8H18N2O. The van der Waals surface area contributed by atoms with Crippen molar-refractivity contribution in [3.8, 4) is 0 Å². The van der Waals surface area contributed by atoms with Crippen LogP contribution < -0.4 is 5.32 Å². The lowest BCUT2D eigenvalue weighted by molar-refractivity contribution is 0.187. The molecule has 0 saturated carbocycles. The van der Waals surface area contributed by atoms with E-state index in [9.17, 15) is 0 Å². The largest absolute Gasteiger partial charge is 0.385 e. The Labute approximate surface area is 68.7 Å². The van der Waals surface area contributed by atoms with Crippen molar-refractivity contribution < 1.29 is 4.74 Å². The number of rotatable bonds is 5. The second kappa shape index (κ2) is 5.52. The van der Waals surface area contributed by atoms with E-state index in [2.05, 4.69) is 10.2 Å². The summed E-state index contributed by atoms with van der Waals surface area (Å²) in [7, 11) is 1.76. The van der Waals surface area contributed by atoms with Gasteiger partial charge in [-0.3, -0.25) is 4.90 Å². The van der Waals surface area contributed by atoms with E-state index in [1.54, 1.807) is 7.11 Å². The molecule has 0 aromatic rings. The molecular weight excluding hydrogens is 140 g/mol. The van der Waals surface area contributed by atoms with E-state index < -0.39 is 0 Å². The lowest BCUT2D eigenvalue weighted by Crippen LogP contribution is -2.23. The van der Waals surface area contributed by atoms with E-state index in [4.69, 9.17) is 4.74 Å². The van der Waals surface area contributed by atoms with Crippen LogP contribution in [0.1, 0.15) is 12.8 Å². The van der Waals surface area contributed by atoms with E-state index in [1.165, 1.54) is 25.9 Å². The van der Waals surface area contributed by atoms with Gasteiger partial charge in [0.05, 0.1) is 0 Å². The highest BCUT2D eigenvalue weighted by molar-refractivity contribution is 4.65. The molecule has 0 aromatic carbocycles. The Balaban J connectivity index is 1.86. The molecule has 1 rings (SSSR count). The monoisotopic (exact) mass is 158 g/mol. The normalized spacial score (nSPS) is 19.4. The minimum absolute atomic E-state index is 0.904. The van der Waals surface area contributed by atoms with Gasteiger partial charge in [0.25, 0.3) is 0 Å². The summed E-state index contributed by atoms with van der Waals surface area (Å²) in [5.74, 6) is 0. The Morgan fingerprint density at radius 1 is 1.45 bits per heavy atom. The topological polar surface area (TPSA) is 24.5 Å². The molecule has 1 fully saturated rings. The third kappa shape index (κ3) is 3.70. The van der Waals surface area contributed by atoms with Crippen LogP contribution >= 0.6 is 0 Å². The molecule has 0 amide bonds. The van der Waals surface area contributed by atoms with Crippen molar-refractivity contribution in [3.63, 3.8) is 0 Å². The first-order chi connectivity index (χ1) is 5.43. The van der Waals surface area contributed by atoms with Gasteiger partial charge in [-0.05, 0) is 19.4 Å². The average molecular weight is 158 g/mol. The minimum atomic E-state index is 0.904. The van der Waals surface area contributed by atoms with Gasteiger partial charge < -0.3 is 10.1 Å². The summed E-state index contributed by atoms with van der Waals surface area (Å²) in [4.78, 5) is 2.44. The Morgan fingerprint density at radius 2 is 2.36 bits per heavy atom. The Bertz CT molecular complexity index is 92.1. The molecule has 0 atom stereocenters. The highest BCUT2D eigenvalue weighted by Gasteiger charge is 2.08. The molecule has 1 saturated heterocycles. The average Bonchev–Trinajstić information content (AvgIpc) is 2.50. The van der Waals surface area contributed by atoms with Gasteiger partial charge >= 0.3 is 0 Å². The predicted molar refractivity (Wildman–Crippen MR) is 45.6 cm³/mol. The van der Waals surface area contributed by atoms with Crippen LogP contribution in [-0.4, -0.2) is 44.9 Å². The molecule has 0 aliphatic carbocycles. The third-order valence-electron chi connectivity index (χ3n) is 2.01. The summed E-state index contributed by atoms with van der Waals surface area (Å²) < 4.78 is 4.97. The zero-order valence-corrected chi connectivity index (χ0v) is 7.31. The standard InChI is InChI=1S/C8H18N2O/c1-11-7-3-2-5-10-6-4-9-8-10/h9H,2-8H2,1H3. The first-order valence-electron chi connectivity index (χ1n) is 4.35. The van der Waals surface area contributed by atoms with Crippen LogP contribution in [0.5, 0.6) is 0 Å². The van der Waals surface area contributed by atoms with Gasteiger partial charge in [0, 0.05) is 33.5 Å². The molecule has 0 aromatic heterocycles. The van der Waals surface area contributed by atoms with E-state index >= 15 is 0 Å². The number of nitrogens with zero attached hydrogens (tertiary/aromatic N) is 1. The molecule has 1 N–H and O–H groups in total. The van der Waals surface area contributed by atoms with E-state index in [1.807, 2.05) is 0 Å². The molecule has 1 aliphatic rings. The maximum Gasteiger partial charge on any atom is 0.0481 e. The molecule has 0 bridgehead atoms. The maximum atomic E-state index is 4.97. The summed E-state index contributed by atoms with van der Waals surface area (Å²) in [6, 6.07) is 0. The van der Waals surface area contributed by atoms with Gasteiger partial charge in [-0.1, -0.05) is 0 Å². The van der Waals surface area contributed by atoms with Gasteiger partial charge in [0.2, 0.25) is 0 Å². The van der Waals surface area contributed by atoms with Crippen LogP contribution in [0.25, 0.3) is 0 Å². The van der Waals surface area contributed by atoms with Crippen LogP contribution in [0.4, 0.5) is 0 Å². The molecule has 1 heterocycles. The summed E-state index contributed by atoms with van der Waals surface area (Å²) in [5, 5.41) is 3.31. The van der Waals surface area contributed by atoms with E-state index in [0.29, 0.717) is 0 Å². The van der Waals surface area contributed by atoms with Gasteiger partial charge in [-0.2, -0.15) is 0 Å². The third-order valence-corrected chi connectivity index (χ3v) is 2.01. The predicted octanol–water partition coefficient (Wildman–Crippen LogP) is 0.276. The molecule has 3 heteroatoms. The van der Waals surface area contributed by atoms with E-state index in [-0.39, 0.29) is 0 Å². The smallest absolute Gasteiger partial charge is 0.0481 e. The van der Waals surface area contributed by atoms with Crippen molar-refractivity contribution in [1.82, 2.24) is 10.2 Å². The molecule has 66 valence electrons. The number of nitrogens with one attached hydrogen (secondary N) is 1. The van der Waals surface area contributed by atoms with Crippen LogP contribution in [0.3, 0.4) is 0 Å². The first-order valence-corrected chi connectivity index (χ1v) is 4.35. The number of hydrogen-bond donors (Lipinski definition) is 1. The summed E-state index contributed by atoms with van der Waals surface area (Å²) in [5.41, 5.74) is 0. The number of ether oxygens (including phenoxy) is 1. The summed E-state index contributed by atoms with van der Waals surface area (Å²) in [6.45, 7) is 5.57. The van der Waals surface area contributed by atoms with Crippen LogP contribution in [-0.2, 0) is 4.74 Å². The van der Waals surface area contributed by atoms with Crippen LogP contribution in [0, 0.1) is 0 Å². The Kier molecular flexibility index (Phi) is 4.50. The van der Waals surface area contributed by atoms with Gasteiger partial charge in [0.1, 0.15) is 0 Å². The second-order valence-corrected chi connectivity index (χ2v) is 2.98. The maximum absolute atomic E-state index is 4.97. The fourth-order valence-electron chi connectivity index (χ4n) is 1.33. The Morgan fingerprint density at radius 3 is 3.00 bits per heavy atom. The number of methoxy groups -OCH3 is 1. The van der Waals surface area contributed by atoms with Crippen LogP contribution in [0.15, 0.2) is 0 Å². The van der Waals surface area contributed by atoms with Crippen LogP contribution in [0.2, 0.25) is 0 Å². The van der Waals surface area contributed by atoms with Crippen molar-refractivity contribution in [2.75, 3.05) is 40.0 Å². The van der Waals surface area contributed by atoms with Gasteiger partial charge in [-0.15, -0.1) is 0 Å². The van der Waals surface area contributed by atoms with Crippen molar-refractivity contribution >= 4 is 0 Å². The zero-order valence-electron chi connectivity index (χ0n) is 7.31. The lowest BCUT2D eigenvalue weighted by Gasteiger charge is -2.12. The Hall–Kier alpha value is -0.120. The van der Waals surface area contributed by atoms with Gasteiger partial charge in [0.15, 0.2) is 0 Å². The SMILES string of the molecule is COCCCCN1CCNC1. The molecule has 0 radical (unpaired) electrons. The fraction of sp³-hybridized carbons (Fsp3) is 1.00. The number of unbranched alkanes of at least 4 members (excludes halogenated alkanes) is 1. The highest BCUT2D eigenvalue weighted by Crippen LogP contribution is 1.97. The lowest BCUT2D eigenvalue weighted by atomic mass is 10.3. The molecule has 11 heavy (non-hydrogen) atoms. The van der Waals surface area contributed by atoms with Gasteiger partial charge in [-0.25, -0.2) is 0 Å². The number of hydrogen-bond acceptors (Lipinski definition) is 3. The summed E-state index contributed by atoms with van der Waals surface area (Å²) >= 11 is 0. The van der Waals surface area contributed by atoms with Crippen molar-refractivity contribution in [2.45, 2.75) is 12.8 Å². The highest BCUT2D eigenvalue weighted by atomic mass is 16.5. The molecule has 1 aliphatic heterocycles. The van der Waals surface area contributed by atoms with Crippen molar-refractivity contribution in [3.05, 3.63) is 0 Å². The minimum Gasteiger partial charge on any atom is -0.385 e. The fourth-order valence-corrected chi connectivity index (χ4v) is 1.33. The molecule has 0 unspecified atom stereocenters. The van der Waals surface area contributed by atoms with Crippen molar-refractivity contribution in [2.24, 2.45) is 0 Å². The quantitative estimate of drug-likeness (QED) is 0.581. The first kappa shape index (κ1) is 8.97. The summed E-state index contributed by atoms with van der Waals surface area (Å²) in [6.07, 6.45) is 2.45. The van der Waals surface area contributed by atoms with Crippen molar-refractivity contribution in [1.29, 1.82) is 0 Å². The zero-order chi connectivity index (χ0) is 7.94. The second-order valence-electron chi connectivity index (χ2n) is 2.98. The van der Waals surface area contributed by atoms with E-state index in [0.717, 1.165) is 19.8 Å².